The van der Waals surface area contributed by atoms with E-state index >= 15 is 0 Å². The SMILES string of the molecule is CCOc1ccc(N(CC(=O)N(Cc2ccc(Cl)cc2)[C@@H](Cc2ccccc2)C(=O)N[C@@H](C)CC)S(=O)(=O)c2ccc(Br)cc2)cc1. The molecule has 2 amide bonds. The predicted molar refractivity (Wildman–Crippen MR) is 190 cm³/mol. The highest BCUT2D eigenvalue weighted by molar-refractivity contribution is 9.10. The lowest BCUT2D eigenvalue weighted by molar-refractivity contribution is -0.140. The summed E-state index contributed by atoms with van der Waals surface area (Å²) in [6, 6.07) is 28.2. The molecule has 2 atom stereocenters. The van der Waals surface area contributed by atoms with Crippen molar-refractivity contribution in [1.29, 1.82) is 0 Å². The van der Waals surface area contributed by atoms with Crippen LogP contribution in [0.15, 0.2) is 112 Å². The van der Waals surface area contributed by atoms with Crippen molar-refractivity contribution in [2.45, 2.75) is 57.1 Å². The lowest BCUT2D eigenvalue weighted by Crippen LogP contribution is -2.54. The van der Waals surface area contributed by atoms with Crippen molar-refractivity contribution >= 4 is 55.1 Å². The summed E-state index contributed by atoms with van der Waals surface area (Å²) >= 11 is 9.52. The highest BCUT2D eigenvalue weighted by atomic mass is 79.9. The highest BCUT2D eigenvalue weighted by Crippen LogP contribution is 2.28. The second-order valence-electron chi connectivity index (χ2n) is 11.1. The molecule has 4 rings (SSSR count). The number of hydrogen-bond acceptors (Lipinski definition) is 5. The van der Waals surface area contributed by atoms with Crippen molar-refractivity contribution in [2.24, 2.45) is 0 Å². The van der Waals surface area contributed by atoms with E-state index in [1.807, 2.05) is 51.1 Å². The number of ether oxygens (including phenoxy) is 1. The van der Waals surface area contributed by atoms with Crippen LogP contribution in [0.2, 0.25) is 5.02 Å². The second-order valence-corrected chi connectivity index (χ2v) is 14.3. The number of amides is 2. The summed E-state index contributed by atoms with van der Waals surface area (Å²) in [6.45, 7) is 5.67. The summed E-state index contributed by atoms with van der Waals surface area (Å²) in [4.78, 5) is 30.0. The Balaban J connectivity index is 1.80. The zero-order valence-electron chi connectivity index (χ0n) is 26.6. The molecule has 0 heterocycles. The third kappa shape index (κ3) is 9.82. The Bertz CT molecular complexity index is 1720. The minimum atomic E-state index is -4.22. The maximum atomic E-state index is 14.6. The zero-order chi connectivity index (χ0) is 34.0. The molecule has 0 unspecified atom stereocenters. The van der Waals surface area contributed by atoms with Gasteiger partial charge in [0.15, 0.2) is 0 Å². The van der Waals surface area contributed by atoms with E-state index in [2.05, 4.69) is 21.2 Å². The smallest absolute Gasteiger partial charge is 0.264 e. The number of nitrogens with zero attached hydrogens (tertiary/aromatic N) is 2. The van der Waals surface area contributed by atoms with Gasteiger partial charge in [-0.2, -0.15) is 0 Å². The van der Waals surface area contributed by atoms with Crippen LogP contribution >= 0.6 is 27.5 Å². The molecule has 4 aromatic rings. The topological polar surface area (TPSA) is 96.0 Å². The Morgan fingerprint density at radius 1 is 0.872 bits per heavy atom. The van der Waals surface area contributed by atoms with E-state index in [4.69, 9.17) is 16.3 Å². The summed E-state index contributed by atoms with van der Waals surface area (Å²) < 4.78 is 35.8. The quantitative estimate of drug-likeness (QED) is 0.139. The van der Waals surface area contributed by atoms with Gasteiger partial charge in [-0.1, -0.05) is 76.9 Å². The molecular formula is C36H39BrClN3O5S. The van der Waals surface area contributed by atoms with Crippen LogP contribution in [0.3, 0.4) is 0 Å². The molecule has 248 valence electrons. The normalized spacial score (nSPS) is 12.5. The lowest BCUT2D eigenvalue weighted by Gasteiger charge is -2.34. The average Bonchev–Trinajstić information content (AvgIpc) is 3.07. The van der Waals surface area contributed by atoms with Crippen LogP contribution in [-0.4, -0.2) is 50.4 Å². The fraction of sp³-hybridized carbons (Fsp3) is 0.278. The second kappa shape index (κ2) is 16.8. The van der Waals surface area contributed by atoms with E-state index in [0.717, 1.165) is 15.4 Å². The van der Waals surface area contributed by atoms with Crippen molar-refractivity contribution in [3.05, 3.63) is 124 Å². The van der Waals surface area contributed by atoms with Crippen molar-refractivity contribution in [2.75, 3.05) is 17.5 Å². The van der Waals surface area contributed by atoms with Crippen LogP contribution in [0.25, 0.3) is 0 Å². The maximum Gasteiger partial charge on any atom is 0.264 e. The monoisotopic (exact) mass is 739 g/mol. The van der Waals surface area contributed by atoms with Crippen LogP contribution < -0.4 is 14.4 Å². The number of anilines is 1. The van der Waals surface area contributed by atoms with E-state index in [1.54, 1.807) is 60.7 Å². The van der Waals surface area contributed by atoms with Gasteiger partial charge in [-0.25, -0.2) is 8.42 Å². The fourth-order valence-electron chi connectivity index (χ4n) is 4.92. The summed E-state index contributed by atoms with van der Waals surface area (Å²) in [5.41, 5.74) is 1.87. The molecule has 0 radical (unpaired) electrons. The Morgan fingerprint density at radius 3 is 2.11 bits per heavy atom. The number of sulfonamides is 1. The van der Waals surface area contributed by atoms with Gasteiger partial charge >= 0.3 is 0 Å². The highest BCUT2D eigenvalue weighted by Gasteiger charge is 2.35. The molecule has 47 heavy (non-hydrogen) atoms. The summed E-state index contributed by atoms with van der Waals surface area (Å²) in [6.07, 6.45) is 0.927. The molecule has 0 fully saturated rings. The minimum Gasteiger partial charge on any atom is -0.494 e. The van der Waals surface area contributed by atoms with Crippen molar-refractivity contribution in [3.63, 3.8) is 0 Å². The molecular weight excluding hydrogens is 702 g/mol. The number of benzene rings is 4. The van der Waals surface area contributed by atoms with Gasteiger partial charge in [0.2, 0.25) is 11.8 Å². The van der Waals surface area contributed by atoms with Gasteiger partial charge in [0, 0.05) is 28.5 Å². The van der Waals surface area contributed by atoms with Crippen LogP contribution in [-0.2, 0) is 32.6 Å². The Hall–Kier alpha value is -3.86. The molecule has 1 N–H and O–H groups in total. The van der Waals surface area contributed by atoms with E-state index < -0.39 is 28.5 Å². The van der Waals surface area contributed by atoms with E-state index in [-0.39, 0.29) is 35.5 Å². The maximum absolute atomic E-state index is 14.6. The molecule has 0 spiro atoms. The number of carbonyl (C=O) groups excluding carboxylic acids is 2. The molecule has 0 saturated heterocycles. The first-order valence-corrected chi connectivity index (χ1v) is 18.0. The van der Waals surface area contributed by atoms with E-state index in [9.17, 15) is 18.0 Å². The van der Waals surface area contributed by atoms with Gasteiger partial charge in [-0.15, -0.1) is 0 Å². The number of hydrogen-bond donors (Lipinski definition) is 1. The molecule has 0 saturated carbocycles. The molecule has 8 nitrogen and oxygen atoms in total. The lowest BCUT2D eigenvalue weighted by atomic mass is 10.0. The van der Waals surface area contributed by atoms with Gasteiger partial charge in [0.05, 0.1) is 17.2 Å². The Labute approximate surface area is 290 Å². The number of carbonyl (C=O) groups is 2. The fourth-order valence-corrected chi connectivity index (χ4v) is 6.72. The minimum absolute atomic E-state index is 0.0157. The third-order valence-corrected chi connectivity index (χ3v) is 10.2. The first-order chi connectivity index (χ1) is 22.5. The predicted octanol–water partition coefficient (Wildman–Crippen LogP) is 7.25. The number of halogens is 2. The van der Waals surface area contributed by atoms with Gasteiger partial charge in [-0.3, -0.25) is 13.9 Å². The molecule has 11 heteroatoms. The van der Waals surface area contributed by atoms with Gasteiger partial charge in [0.1, 0.15) is 18.3 Å². The molecule has 0 aliphatic heterocycles. The summed E-state index contributed by atoms with van der Waals surface area (Å²) in [5.74, 6) is -0.304. The Kier molecular flexibility index (Phi) is 12.9. The molecule has 0 bridgehead atoms. The van der Waals surface area contributed by atoms with Gasteiger partial charge in [-0.05, 0) is 92.1 Å². The molecule has 0 aromatic heterocycles. The standard InChI is InChI=1S/C36H39BrClN3O5S/c1-4-26(3)39-36(43)34(23-27-9-7-6-8-10-27)40(24-28-11-15-30(38)16-12-28)35(42)25-41(31-17-19-32(20-18-31)46-5-2)47(44,45)33-21-13-29(37)14-22-33/h6-22,26,34H,4-5,23-25H2,1-3H3,(H,39,43)/t26-,34-/m0/s1. The van der Waals surface area contributed by atoms with Crippen molar-refractivity contribution < 1.29 is 22.7 Å². The first-order valence-electron chi connectivity index (χ1n) is 15.4. The van der Waals surface area contributed by atoms with Crippen molar-refractivity contribution in [1.82, 2.24) is 10.2 Å². The number of rotatable bonds is 15. The molecule has 0 aliphatic rings. The van der Waals surface area contributed by atoms with Crippen molar-refractivity contribution in [3.8, 4) is 5.75 Å². The van der Waals surface area contributed by atoms with E-state index in [0.29, 0.717) is 28.3 Å². The summed E-state index contributed by atoms with van der Waals surface area (Å²) in [5, 5.41) is 3.57. The first kappa shape index (κ1) is 36.0. The van der Waals surface area contributed by atoms with Crippen LogP contribution in [0, 0.1) is 0 Å². The largest absolute Gasteiger partial charge is 0.494 e. The van der Waals surface area contributed by atoms with Crippen LogP contribution in [0.1, 0.15) is 38.3 Å². The number of nitrogens with one attached hydrogen (secondary N) is 1. The molecule has 4 aromatic carbocycles. The Morgan fingerprint density at radius 2 is 1.51 bits per heavy atom. The van der Waals surface area contributed by atoms with Gasteiger partial charge < -0.3 is 15.0 Å². The zero-order valence-corrected chi connectivity index (χ0v) is 29.8. The van der Waals surface area contributed by atoms with Gasteiger partial charge in [0.25, 0.3) is 10.0 Å². The van der Waals surface area contributed by atoms with E-state index in [1.165, 1.54) is 17.0 Å². The summed E-state index contributed by atoms with van der Waals surface area (Å²) in [7, 11) is -4.22. The molecule has 0 aliphatic carbocycles. The van der Waals surface area contributed by atoms with Crippen LogP contribution in [0.4, 0.5) is 5.69 Å². The van der Waals surface area contributed by atoms with Crippen LogP contribution in [0.5, 0.6) is 5.75 Å². The average molecular weight is 741 g/mol. The third-order valence-electron chi connectivity index (χ3n) is 7.65.